The Bertz CT molecular complexity index is 685. The molecule has 0 fully saturated rings. The molecule has 3 rings (SSSR count). The zero-order valence-electron chi connectivity index (χ0n) is 13.5. The van der Waals surface area contributed by atoms with Crippen molar-refractivity contribution in [3.63, 3.8) is 0 Å². The van der Waals surface area contributed by atoms with Crippen molar-refractivity contribution in [1.29, 1.82) is 0 Å². The average Bonchev–Trinajstić information content (AvgIpc) is 3.06. The van der Waals surface area contributed by atoms with Crippen LogP contribution in [-0.4, -0.2) is 46.8 Å². The molecule has 24 heavy (non-hydrogen) atoms. The molecule has 0 aliphatic carbocycles. The molecule has 0 radical (unpaired) electrons. The second-order valence-electron chi connectivity index (χ2n) is 5.45. The first-order valence-corrected chi connectivity index (χ1v) is 8.81. The highest BCUT2D eigenvalue weighted by atomic mass is 32.1. The number of ether oxygens (including phenoxy) is 2. The van der Waals surface area contributed by atoms with Gasteiger partial charge in [0.15, 0.2) is 11.5 Å². The summed E-state index contributed by atoms with van der Waals surface area (Å²) in [7, 11) is 0. The summed E-state index contributed by atoms with van der Waals surface area (Å²) in [5, 5.41) is 11.5. The van der Waals surface area contributed by atoms with Crippen LogP contribution in [0.15, 0.2) is 29.8 Å². The number of carbonyl (C=O) groups excluding carboxylic acids is 1. The highest BCUT2D eigenvalue weighted by molar-refractivity contribution is 7.12. The van der Waals surface area contributed by atoms with E-state index in [0.29, 0.717) is 42.6 Å². The maximum Gasteiger partial charge on any atom is 0.268 e. The van der Waals surface area contributed by atoms with Crippen molar-refractivity contribution in [2.75, 3.05) is 19.8 Å². The number of aromatic nitrogens is 1. The molecule has 0 saturated heterocycles. The van der Waals surface area contributed by atoms with Gasteiger partial charge >= 0.3 is 0 Å². The quantitative estimate of drug-likeness (QED) is 0.867. The summed E-state index contributed by atoms with van der Waals surface area (Å²) in [5.74, 6) is 0.956. The van der Waals surface area contributed by atoms with E-state index in [-0.39, 0.29) is 18.6 Å². The molecule has 1 aliphatic heterocycles. The molecule has 2 aromatic rings. The SMILES string of the molecule is CCC(CO)N(Cc1ccccn1)C(=O)c1scc2c1OCCO2. The molecule has 0 spiro atoms. The summed E-state index contributed by atoms with van der Waals surface area (Å²) in [5.41, 5.74) is 0.778. The number of pyridine rings is 1. The summed E-state index contributed by atoms with van der Waals surface area (Å²) < 4.78 is 11.1. The van der Waals surface area contributed by atoms with Gasteiger partial charge in [0.1, 0.15) is 18.1 Å². The number of carbonyl (C=O) groups is 1. The number of aliphatic hydroxyl groups is 1. The van der Waals surface area contributed by atoms with Crippen LogP contribution < -0.4 is 9.47 Å². The Morgan fingerprint density at radius 3 is 2.96 bits per heavy atom. The van der Waals surface area contributed by atoms with Crippen LogP contribution in [0.3, 0.4) is 0 Å². The number of amides is 1. The maximum atomic E-state index is 13.1. The Morgan fingerprint density at radius 1 is 1.42 bits per heavy atom. The minimum Gasteiger partial charge on any atom is -0.485 e. The van der Waals surface area contributed by atoms with Gasteiger partial charge in [-0.15, -0.1) is 11.3 Å². The molecule has 0 saturated carbocycles. The summed E-state index contributed by atoms with van der Waals surface area (Å²) in [4.78, 5) is 19.6. The molecular formula is C17H20N2O4S. The molecule has 1 N–H and O–H groups in total. The van der Waals surface area contributed by atoms with Crippen LogP contribution >= 0.6 is 11.3 Å². The van der Waals surface area contributed by atoms with Gasteiger partial charge in [-0.1, -0.05) is 13.0 Å². The average molecular weight is 348 g/mol. The summed E-state index contributed by atoms with van der Waals surface area (Å²) >= 11 is 1.31. The molecule has 0 bridgehead atoms. The first-order valence-electron chi connectivity index (χ1n) is 7.93. The van der Waals surface area contributed by atoms with E-state index in [2.05, 4.69) is 4.98 Å². The predicted octanol–water partition coefficient (Wildman–Crippen LogP) is 2.33. The molecule has 2 aromatic heterocycles. The number of aliphatic hydroxyl groups excluding tert-OH is 1. The largest absolute Gasteiger partial charge is 0.485 e. The lowest BCUT2D eigenvalue weighted by Crippen LogP contribution is -2.41. The van der Waals surface area contributed by atoms with Crippen LogP contribution in [0.2, 0.25) is 0 Å². The molecule has 128 valence electrons. The van der Waals surface area contributed by atoms with E-state index in [4.69, 9.17) is 9.47 Å². The molecule has 1 unspecified atom stereocenters. The lowest BCUT2D eigenvalue weighted by atomic mass is 10.1. The van der Waals surface area contributed by atoms with E-state index >= 15 is 0 Å². The van der Waals surface area contributed by atoms with Gasteiger partial charge in [-0.25, -0.2) is 0 Å². The summed E-state index contributed by atoms with van der Waals surface area (Å²) in [6.07, 6.45) is 2.35. The third-order valence-electron chi connectivity index (χ3n) is 3.94. The number of thiophene rings is 1. The van der Waals surface area contributed by atoms with Gasteiger partial charge in [0.05, 0.1) is 24.9 Å². The first kappa shape index (κ1) is 16.7. The molecule has 3 heterocycles. The highest BCUT2D eigenvalue weighted by Crippen LogP contribution is 2.40. The third kappa shape index (κ3) is 3.37. The Hall–Kier alpha value is -2.12. The fraction of sp³-hybridized carbons (Fsp3) is 0.412. The van der Waals surface area contributed by atoms with Crippen LogP contribution in [0.25, 0.3) is 0 Å². The van der Waals surface area contributed by atoms with Crippen molar-refractivity contribution < 1.29 is 19.4 Å². The van der Waals surface area contributed by atoms with E-state index in [1.54, 1.807) is 16.5 Å². The monoisotopic (exact) mass is 348 g/mol. The van der Waals surface area contributed by atoms with Gasteiger partial charge < -0.3 is 19.5 Å². The summed E-state index contributed by atoms with van der Waals surface area (Å²) in [6, 6.07) is 5.31. The second-order valence-corrected chi connectivity index (χ2v) is 6.33. The summed E-state index contributed by atoms with van der Waals surface area (Å²) in [6.45, 7) is 3.11. The van der Waals surface area contributed by atoms with E-state index < -0.39 is 0 Å². The second kappa shape index (κ2) is 7.63. The smallest absolute Gasteiger partial charge is 0.268 e. The van der Waals surface area contributed by atoms with Crippen molar-refractivity contribution >= 4 is 17.2 Å². The van der Waals surface area contributed by atoms with E-state index in [1.807, 2.05) is 25.1 Å². The number of hydrogen-bond donors (Lipinski definition) is 1. The van der Waals surface area contributed by atoms with Crippen molar-refractivity contribution in [1.82, 2.24) is 9.88 Å². The zero-order chi connectivity index (χ0) is 16.9. The number of hydrogen-bond acceptors (Lipinski definition) is 6. The first-order chi connectivity index (χ1) is 11.7. The van der Waals surface area contributed by atoms with Gasteiger partial charge in [0.2, 0.25) is 0 Å². The fourth-order valence-corrected chi connectivity index (χ4v) is 3.51. The molecular weight excluding hydrogens is 328 g/mol. The van der Waals surface area contributed by atoms with Gasteiger partial charge in [0, 0.05) is 11.6 Å². The van der Waals surface area contributed by atoms with Gasteiger partial charge in [-0.2, -0.15) is 0 Å². The highest BCUT2D eigenvalue weighted by Gasteiger charge is 2.30. The molecule has 1 amide bonds. The normalized spacial score (nSPS) is 14.2. The lowest BCUT2D eigenvalue weighted by molar-refractivity contribution is 0.0558. The molecule has 6 nitrogen and oxygen atoms in total. The third-order valence-corrected chi connectivity index (χ3v) is 4.87. The van der Waals surface area contributed by atoms with Crippen LogP contribution in [0.1, 0.15) is 28.7 Å². The maximum absolute atomic E-state index is 13.1. The zero-order valence-corrected chi connectivity index (χ0v) is 14.3. The van der Waals surface area contributed by atoms with E-state index in [0.717, 1.165) is 5.69 Å². The molecule has 7 heteroatoms. The standard InChI is InChI=1S/C17H20N2O4S/c1-2-13(10-20)19(9-12-5-3-4-6-18-12)17(21)16-15-14(11-24-16)22-7-8-23-15/h3-6,11,13,20H,2,7-10H2,1H3. The van der Waals surface area contributed by atoms with Gasteiger partial charge in [-0.3, -0.25) is 9.78 Å². The van der Waals surface area contributed by atoms with Crippen molar-refractivity contribution in [2.24, 2.45) is 0 Å². The Kier molecular flexibility index (Phi) is 5.32. The van der Waals surface area contributed by atoms with Gasteiger partial charge in [0.25, 0.3) is 5.91 Å². The molecule has 1 aliphatic rings. The Morgan fingerprint density at radius 2 is 2.25 bits per heavy atom. The van der Waals surface area contributed by atoms with Crippen LogP contribution in [-0.2, 0) is 6.54 Å². The van der Waals surface area contributed by atoms with Crippen LogP contribution in [0, 0.1) is 0 Å². The van der Waals surface area contributed by atoms with Crippen LogP contribution in [0.4, 0.5) is 0 Å². The Labute approximate surface area is 144 Å². The van der Waals surface area contributed by atoms with E-state index in [9.17, 15) is 9.90 Å². The number of nitrogens with zero attached hydrogens (tertiary/aromatic N) is 2. The fourth-order valence-electron chi connectivity index (χ4n) is 2.62. The predicted molar refractivity (Wildman–Crippen MR) is 90.6 cm³/mol. The van der Waals surface area contributed by atoms with Gasteiger partial charge in [-0.05, 0) is 18.6 Å². The van der Waals surface area contributed by atoms with Crippen molar-refractivity contribution in [3.05, 3.63) is 40.3 Å². The molecule has 1 atom stereocenters. The number of rotatable bonds is 6. The number of fused-ring (bicyclic) bond motifs is 1. The lowest BCUT2D eigenvalue weighted by Gasteiger charge is -2.30. The molecule has 0 aromatic carbocycles. The Balaban J connectivity index is 1.89. The van der Waals surface area contributed by atoms with E-state index in [1.165, 1.54) is 11.3 Å². The van der Waals surface area contributed by atoms with Crippen molar-refractivity contribution in [3.8, 4) is 11.5 Å². The van der Waals surface area contributed by atoms with Crippen LogP contribution in [0.5, 0.6) is 11.5 Å². The van der Waals surface area contributed by atoms with Crippen molar-refractivity contribution in [2.45, 2.75) is 25.9 Å². The topological polar surface area (TPSA) is 71.9 Å². The minimum atomic E-state index is -0.276. The minimum absolute atomic E-state index is 0.0972.